The molecule has 0 radical (unpaired) electrons. The summed E-state index contributed by atoms with van der Waals surface area (Å²) in [6.45, 7) is 5.39. The van der Waals surface area contributed by atoms with Crippen LogP contribution < -0.4 is 10.2 Å². The number of halogens is 1. The monoisotopic (exact) mass is 312 g/mol. The zero-order valence-electron chi connectivity index (χ0n) is 12.9. The molecule has 1 atom stereocenters. The zero-order valence-corrected chi connectivity index (χ0v) is 13.7. The molecule has 2 aromatic rings. The molecule has 1 unspecified atom stereocenters. The summed E-state index contributed by atoms with van der Waals surface area (Å²) < 4.78 is 0. The second-order valence-electron chi connectivity index (χ2n) is 6.37. The van der Waals surface area contributed by atoms with Crippen LogP contribution in [-0.2, 0) is 6.42 Å². The van der Waals surface area contributed by atoms with Crippen molar-refractivity contribution in [2.45, 2.75) is 25.8 Å². The van der Waals surface area contributed by atoms with E-state index in [2.05, 4.69) is 53.5 Å². The van der Waals surface area contributed by atoms with Gasteiger partial charge < -0.3 is 10.2 Å². The Morgan fingerprint density at radius 3 is 3.00 bits per heavy atom. The minimum absolute atomic E-state index is 0.660. The lowest BCUT2D eigenvalue weighted by atomic mass is 9.99. The number of anilines is 1. The molecule has 1 fully saturated rings. The summed E-state index contributed by atoms with van der Waals surface area (Å²) in [5.41, 5.74) is 6.42. The maximum Gasteiger partial charge on any atom is 0.0513 e. The second kappa shape index (κ2) is 5.60. The van der Waals surface area contributed by atoms with Gasteiger partial charge in [-0.1, -0.05) is 35.9 Å². The van der Waals surface area contributed by atoms with Gasteiger partial charge in [0.1, 0.15) is 0 Å². The molecule has 2 aromatic carbocycles. The first-order chi connectivity index (χ1) is 10.7. The Morgan fingerprint density at radius 1 is 1.18 bits per heavy atom. The van der Waals surface area contributed by atoms with Crippen molar-refractivity contribution in [3.8, 4) is 11.1 Å². The molecule has 0 bridgehead atoms. The summed E-state index contributed by atoms with van der Waals surface area (Å²) >= 11 is 6.50. The Balaban J connectivity index is 1.73. The van der Waals surface area contributed by atoms with Gasteiger partial charge in [-0.05, 0) is 55.1 Å². The number of hydrogen-bond acceptors (Lipinski definition) is 2. The molecule has 0 aromatic heterocycles. The van der Waals surface area contributed by atoms with E-state index >= 15 is 0 Å². The largest absolute Gasteiger partial charge is 0.367 e. The van der Waals surface area contributed by atoms with Gasteiger partial charge in [0.05, 0.1) is 5.02 Å². The van der Waals surface area contributed by atoms with Crippen molar-refractivity contribution < 1.29 is 0 Å². The first-order valence-electron chi connectivity index (χ1n) is 8.10. The molecule has 2 heterocycles. The minimum Gasteiger partial charge on any atom is -0.367 e. The van der Waals surface area contributed by atoms with Crippen molar-refractivity contribution in [2.24, 2.45) is 0 Å². The van der Waals surface area contributed by atoms with Gasteiger partial charge >= 0.3 is 0 Å². The first kappa shape index (κ1) is 14.1. The molecular formula is C19H21ClN2. The molecule has 3 heteroatoms. The summed E-state index contributed by atoms with van der Waals surface area (Å²) in [7, 11) is 0. The minimum atomic E-state index is 0.660. The van der Waals surface area contributed by atoms with Crippen molar-refractivity contribution in [2.75, 3.05) is 24.5 Å². The van der Waals surface area contributed by atoms with Gasteiger partial charge in [0.2, 0.25) is 0 Å². The smallest absolute Gasteiger partial charge is 0.0513 e. The van der Waals surface area contributed by atoms with Crippen molar-refractivity contribution >= 4 is 17.3 Å². The molecule has 0 saturated carbocycles. The van der Waals surface area contributed by atoms with E-state index < -0.39 is 0 Å². The zero-order chi connectivity index (χ0) is 15.1. The topological polar surface area (TPSA) is 15.3 Å². The van der Waals surface area contributed by atoms with E-state index in [9.17, 15) is 0 Å². The molecule has 1 saturated heterocycles. The van der Waals surface area contributed by atoms with Crippen molar-refractivity contribution in [3.05, 3.63) is 52.5 Å². The molecule has 114 valence electrons. The van der Waals surface area contributed by atoms with E-state index in [4.69, 9.17) is 11.6 Å². The van der Waals surface area contributed by atoms with E-state index in [1.165, 1.54) is 23.2 Å². The van der Waals surface area contributed by atoms with Crippen LogP contribution in [0.2, 0.25) is 5.02 Å². The highest BCUT2D eigenvalue weighted by atomic mass is 35.5. The number of rotatable bonds is 1. The highest BCUT2D eigenvalue weighted by molar-refractivity contribution is 6.34. The summed E-state index contributed by atoms with van der Waals surface area (Å²) in [5.74, 6) is 0. The number of nitrogens with one attached hydrogen (secondary N) is 1. The fraction of sp³-hybridized carbons (Fsp3) is 0.368. The standard InChI is InChI=1S/C19H21ClN2/c1-13-3-2-4-17(19(13)20)14-5-6-18-15(11-14)12-16-7-8-21-9-10-22(16)18/h2-6,11,16,21H,7-10,12H2,1H3. The Bertz CT molecular complexity index is 711. The highest BCUT2D eigenvalue weighted by Crippen LogP contribution is 2.38. The number of aryl methyl sites for hydroxylation is 1. The Hall–Kier alpha value is -1.51. The predicted octanol–water partition coefficient (Wildman–Crippen LogP) is 4.04. The summed E-state index contributed by atoms with van der Waals surface area (Å²) in [4.78, 5) is 2.58. The molecule has 22 heavy (non-hydrogen) atoms. The van der Waals surface area contributed by atoms with Crippen LogP contribution in [0.15, 0.2) is 36.4 Å². The molecule has 2 nitrogen and oxygen atoms in total. The van der Waals surface area contributed by atoms with E-state index in [-0.39, 0.29) is 0 Å². The molecule has 0 aliphatic carbocycles. The number of benzene rings is 2. The van der Waals surface area contributed by atoms with Crippen LogP contribution in [0.5, 0.6) is 0 Å². The molecule has 4 rings (SSSR count). The fourth-order valence-corrected chi connectivity index (χ4v) is 4.02. The molecule has 2 aliphatic heterocycles. The summed E-state index contributed by atoms with van der Waals surface area (Å²) in [5, 5.41) is 4.37. The van der Waals surface area contributed by atoms with Crippen molar-refractivity contribution in [1.29, 1.82) is 0 Å². The van der Waals surface area contributed by atoms with E-state index in [0.717, 1.165) is 42.2 Å². The van der Waals surface area contributed by atoms with Gasteiger partial charge in [0.25, 0.3) is 0 Å². The molecular weight excluding hydrogens is 292 g/mol. The third kappa shape index (κ3) is 2.31. The van der Waals surface area contributed by atoms with Crippen LogP contribution in [0.1, 0.15) is 17.5 Å². The Morgan fingerprint density at radius 2 is 2.09 bits per heavy atom. The third-order valence-electron chi connectivity index (χ3n) is 4.97. The Labute approximate surface area is 137 Å². The lowest BCUT2D eigenvalue weighted by molar-refractivity contribution is 0.612. The number of nitrogens with zero attached hydrogens (tertiary/aromatic N) is 1. The van der Waals surface area contributed by atoms with Crippen LogP contribution >= 0.6 is 11.6 Å². The average molecular weight is 313 g/mol. The average Bonchev–Trinajstić information content (AvgIpc) is 2.70. The van der Waals surface area contributed by atoms with Crippen LogP contribution in [0.25, 0.3) is 11.1 Å². The number of hydrogen-bond donors (Lipinski definition) is 1. The normalized spacial score (nSPS) is 20.5. The molecule has 2 aliphatic rings. The van der Waals surface area contributed by atoms with Crippen molar-refractivity contribution in [3.63, 3.8) is 0 Å². The van der Waals surface area contributed by atoms with Crippen LogP contribution in [0.3, 0.4) is 0 Å². The van der Waals surface area contributed by atoms with Gasteiger partial charge in [-0.2, -0.15) is 0 Å². The van der Waals surface area contributed by atoms with E-state index in [0.29, 0.717) is 6.04 Å². The van der Waals surface area contributed by atoms with Gasteiger partial charge in [-0.25, -0.2) is 0 Å². The number of fused-ring (bicyclic) bond motifs is 3. The highest BCUT2D eigenvalue weighted by Gasteiger charge is 2.30. The maximum atomic E-state index is 6.50. The maximum absolute atomic E-state index is 6.50. The van der Waals surface area contributed by atoms with Gasteiger partial charge in [-0.15, -0.1) is 0 Å². The van der Waals surface area contributed by atoms with E-state index in [1.807, 2.05) is 0 Å². The summed E-state index contributed by atoms with van der Waals surface area (Å²) in [6.07, 6.45) is 2.39. The fourth-order valence-electron chi connectivity index (χ4n) is 3.78. The van der Waals surface area contributed by atoms with Crippen molar-refractivity contribution in [1.82, 2.24) is 5.32 Å². The SMILES string of the molecule is Cc1cccc(-c2ccc3c(c2)CC2CCNCCN32)c1Cl. The third-order valence-corrected chi connectivity index (χ3v) is 5.47. The quantitative estimate of drug-likeness (QED) is 0.855. The van der Waals surface area contributed by atoms with E-state index in [1.54, 1.807) is 0 Å². The Kier molecular flexibility index (Phi) is 3.59. The molecule has 1 N–H and O–H groups in total. The van der Waals surface area contributed by atoms with Crippen LogP contribution in [-0.4, -0.2) is 25.7 Å². The summed E-state index contributed by atoms with van der Waals surface area (Å²) in [6, 6.07) is 13.8. The molecule has 0 amide bonds. The first-order valence-corrected chi connectivity index (χ1v) is 8.47. The lowest BCUT2D eigenvalue weighted by Gasteiger charge is -2.24. The van der Waals surface area contributed by atoms with Gasteiger partial charge in [-0.3, -0.25) is 0 Å². The second-order valence-corrected chi connectivity index (χ2v) is 6.75. The van der Waals surface area contributed by atoms with Gasteiger partial charge in [0, 0.05) is 30.4 Å². The lowest BCUT2D eigenvalue weighted by Crippen LogP contribution is -2.32. The van der Waals surface area contributed by atoms with Crippen LogP contribution in [0.4, 0.5) is 5.69 Å². The van der Waals surface area contributed by atoms with Crippen LogP contribution in [0, 0.1) is 6.92 Å². The predicted molar refractivity (Wildman–Crippen MR) is 93.9 cm³/mol. The van der Waals surface area contributed by atoms with Gasteiger partial charge in [0.15, 0.2) is 0 Å². The molecule has 0 spiro atoms.